The molecule has 1 N–H and O–H groups in total. The third kappa shape index (κ3) is 3.35. The largest absolute Gasteiger partial charge is 0.311 e. The number of aryl methyl sites for hydroxylation is 1. The predicted molar refractivity (Wildman–Crippen MR) is 65.5 cm³/mol. The molecule has 0 saturated heterocycles. The molecule has 0 radical (unpaired) electrons. The molecule has 0 aromatic carbocycles. The zero-order valence-electron chi connectivity index (χ0n) is 10.2. The molecule has 0 spiro atoms. The summed E-state index contributed by atoms with van der Waals surface area (Å²) in [6.07, 6.45) is 1.95. The van der Waals surface area contributed by atoms with Gasteiger partial charge in [0.05, 0.1) is 24.1 Å². The minimum absolute atomic E-state index is 0.667. The summed E-state index contributed by atoms with van der Waals surface area (Å²) in [5.41, 5.74) is 2.99. The maximum Gasteiger partial charge on any atom is 0.0964 e. The summed E-state index contributed by atoms with van der Waals surface area (Å²) in [6, 6.07) is 5.99. The first-order valence-corrected chi connectivity index (χ1v) is 5.80. The van der Waals surface area contributed by atoms with E-state index in [0.29, 0.717) is 6.54 Å². The maximum absolute atomic E-state index is 4.44. The van der Waals surface area contributed by atoms with Gasteiger partial charge < -0.3 is 5.32 Å². The van der Waals surface area contributed by atoms with Gasteiger partial charge in [-0.25, -0.2) is 4.68 Å². The van der Waals surface area contributed by atoms with Gasteiger partial charge in [-0.1, -0.05) is 18.2 Å². The number of hydrogen-bond donors (Lipinski definition) is 1. The van der Waals surface area contributed by atoms with E-state index >= 15 is 0 Å². The number of nitrogens with one attached hydrogen (secondary N) is 1. The number of aromatic nitrogens is 4. The molecule has 2 aromatic rings. The van der Waals surface area contributed by atoms with E-state index in [0.717, 1.165) is 30.2 Å². The molecule has 0 aliphatic carbocycles. The Labute approximate surface area is 101 Å². The highest BCUT2D eigenvalue weighted by Gasteiger charge is 2.01. The van der Waals surface area contributed by atoms with Gasteiger partial charge in [-0.05, 0) is 25.6 Å². The van der Waals surface area contributed by atoms with E-state index in [1.165, 1.54) is 0 Å². The molecule has 0 fully saturated rings. The van der Waals surface area contributed by atoms with Crippen LogP contribution in [-0.4, -0.2) is 26.5 Å². The molecular weight excluding hydrogens is 214 g/mol. The van der Waals surface area contributed by atoms with Crippen molar-refractivity contribution in [3.05, 3.63) is 41.5 Å². The van der Waals surface area contributed by atoms with Crippen LogP contribution in [0.2, 0.25) is 0 Å². The van der Waals surface area contributed by atoms with Crippen LogP contribution in [0.3, 0.4) is 0 Å². The monoisotopic (exact) mass is 231 g/mol. The van der Waals surface area contributed by atoms with Crippen molar-refractivity contribution in [3.8, 4) is 0 Å². The zero-order chi connectivity index (χ0) is 12.1. The van der Waals surface area contributed by atoms with E-state index in [9.17, 15) is 0 Å². The van der Waals surface area contributed by atoms with Gasteiger partial charge in [-0.15, -0.1) is 5.10 Å². The second-order valence-electron chi connectivity index (χ2n) is 3.96. The van der Waals surface area contributed by atoms with Crippen molar-refractivity contribution in [1.29, 1.82) is 0 Å². The van der Waals surface area contributed by atoms with Gasteiger partial charge in [0.25, 0.3) is 0 Å². The summed E-state index contributed by atoms with van der Waals surface area (Å²) in [5, 5.41) is 11.4. The van der Waals surface area contributed by atoms with Crippen LogP contribution in [0.4, 0.5) is 0 Å². The minimum atomic E-state index is 0.667. The van der Waals surface area contributed by atoms with Crippen molar-refractivity contribution in [2.75, 3.05) is 6.54 Å². The Kier molecular flexibility index (Phi) is 3.82. The third-order valence-corrected chi connectivity index (χ3v) is 2.41. The standard InChI is InChI=1S/C12H17N5/c1-3-13-7-12-9-17(16-15-12)8-11-6-4-5-10(2)14-11/h4-6,9,13H,3,7-8H2,1-2H3. The lowest BCUT2D eigenvalue weighted by Gasteiger charge is -2.00. The average Bonchev–Trinajstić information content (AvgIpc) is 2.74. The molecule has 0 saturated carbocycles. The molecule has 0 atom stereocenters. The van der Waals surface area contributed by atoms with Crippen molar-refractivity contribution in [2.24, 2.45) is 0 Å². The fourth-order valence-electron chi connectivity index (χ4n) is 1.60. The van der Waals surface area contributed by atoms with Gasteiger partial charge in [0.1, 0.15) is 0 Å². The van der Waals surface area contributed by atoms with Crippen molar-refractivity contribution in [1.82, 2.24) is 25.3 Å². The van der Waals surface area contributed by atoms with Crippen LogP contribution in [0.1, 0.15) is 24.0 Å². The fourth-order valence-corrected chi connectivity index (χ4v) is 1.60. The summed E-state index contributed by atoms with van der Waals surface area (Å²) in [6.45, 7) is 6.42. The van der Waals surface area contributed by atoms with E-state index in [2.05, 4.69) is 27.5 Å². The highest BCUT2D eigenvalue weighted by Crippen LogP contribution is 2.01. The number of nitrogens with zero attached hydrogens (tertiary/aromatic N) is 4. The Morgan fingerprint density at radius 2 is 2.18 bits per heavy atom. The molecule has 0 unspecified atom stereocenters. The first-order chi connectivity index (χ1) is 8.28. The van der Waals surface area contributed by atoms with E-state index in [1.807, 2.05) is 36.0 Å². The van der Waals surface area contributed by atoms with Crippen molar-refractivity contribution in [3.63, 3.8) is 0 Å². The quantitative estimate of drug-likeness (QED) is 0.838. The SMILES string of the molecule is CCNCc1cn(Cc2cccc(C)n2)nn1. The normalized spacial score (nSPS) is 10.7. The van der Waals surface area contributed by atoms with Gasteiger partial charge in [0.15, 0.2) is 0 Å². The van der Waals surface area contributed by atoms with Crippen molar-refractivity contribution in [2.45, 2.75) is 26.9 Å². The van der Waals surface area contributed by atoms with E-state index in [1.54, 1.807) is 0 Å². The van der Waals surface area contributed by atoms with E-state index in [-0.39, 0.29) is 0 Å². The Balaban J connectivity index is 2.01. The molecule has 0 aliphatic rings. The molecule has 2 rings (SSSR count). The lowest BCUT2D eigenvalue weighted by atomic mass is 10.3. The van der Waals surface area contributed by atoms with Gasteiger partial charge in [0.2, 0.25) is 0 Å². The second kappa shape index (κ2) is 5.54. The third-order valence-electron chi connectivity index (χ3n) is 2.41. The summed E-state index contributed by atoms with van der Waals surface area (Å²) >= 11 is 0. The van der Waals surface area contributed by atoms with Crippen LogP contribution >= 0.6 is 0 Å². The number of hydrogen-bond acceptors (Lipinski definition) is 4. The topological polar surface area (TPSA) is 55.6 Å². The first kappa shape index (κ1) is 11.7. The van der Waals surface area contributed by atoms with Gasteiger partial charge in [-0.2, -0.15) is 0 Å². The summed E-state index contributed by atoms with van der Waals surface area (Å²) in [7, 11) is 0. The van der Waals surface area contributed by atoms with Crippen LogP contribution in [0.25, 0.3) is 0 Å². The second-order valence-corrected chi connectivity index (χ2v) is 3.96. The predicted octanol–water partition coefficient (Wildman–Crippen LogP) is 1.14. The maximum atomic E-state index is 4.44. The molecular formula is C12H17N5. The number of rotatable bonds is 5. The van der Waals surface area contributed by atoms with Crippen LogP contribution in [0.15, 0.2) is 24.4 Å². The molecule has 0 bridgehead atoms. The average molecular weight is 231 g/mol. The molecule has 0 amide bonds. The molecule has 0 aliphatic heterocycles. The van der Waals surface area contributed by atoms with Gasteiger partial charge in [-0.3, -0.25) is 4.98 Å². The highest BCUT2D eigenvalue weighted by atomic mass is 15.4. The van der Waals surface area contributed by atoms with Crippen molar-refractivity contribution >= 4 is 0 Å². The molecule has 5 nitrogen and oxygen atoms in total. The van der Waals surface area contributed by atoms with Crippen LogP contribution < -0.4 is 5.32 Å². The van der Waals surface area contributed by atoms with Crippen LogP contribution in [-0.2, 0) is 13.1 Å². The Bertz CT molecular complexity index is 477. The molecule has 17 heavy (non-hydrogen) atoms. The van der Waals surface area contributed by atoms with E-state index < -0.39 is 0 Å². The first-order valence-electron chi connectivity index (χ1n) is 5.80. The molecule has 2 heterocycles. The van der Waals surface area contributed by atoms with Crippen LogP contribution in [0, 0.1) is 6.92 Å². The fraction of sp³-hybridized carbons (Fsp3) is 0.417. The van der Waals surface area contributed by atoms with Crippen molar-refractivity contribution < 1.29 is 0 Å². The molecule has 90 valence electrons. The van der Waals surface area contributed by atoms with E-state index in [4.69, 9.17) is 0 Å². The van der Waals surface area contributed by atoms with Crippen LogP contribution in [0.5, 0.6) is 0 Å². The molecule has 2 aromatic heterocycles. The Morgan fingerprint density at radius 1 is 1.29 bits per heavy atom. The van der Waals surface area contributed by atoms with Gasteiger partial charge in [0, 0.05) is 12.2 Å². The Hall–Kier alpha value is -1.75. The Morgan fingerprint density at radius 3 is 2.94 bits per heavy atom. The zero-order valence-corrected chi connectivity index (χ0v) is 10.2. The summed E-state index contributed by atoms with van der Waals surface area (Å²) in [5.74, 6) is 0. The summed E-state index contributed by atoms with van der Waals surface area (Å²) < 4.78 is 1.81. The lowest BCUT2D eigenvalue weighted by Crippen LogP contribution is -2.11. The van der Waals surface area contributed by atoms with Gasteiger partial charge >= 0.3 is 0 Å². The summed E-state index contributed by atoms with van der Waals surface area (Å²) in [4.78, 5) is 4.44. The smallest absolute Gasteiger partial charge is 0.0964 e. The number of pyridine rings is 1. The molecule has 5 heteroatoms. The highest BCUT2D eigenvalue weighted by molar-refractivity contribution is 5.10. The lowest BCUT2D eigenvalue weighted by molar-refractivity contribution is 0.636. The minimum Gasteiger partial charge on any atom is -0.311 e.